The molecular formula is C33H28F4N2O5S. The maximum atomic E-state index is 13.7. The highest BCUT2D eigenvalue weighted by atomic mass is 32.1. The molecule has 0 unspecified atom stereocenters. The van der Waals surface area contributed by atoms with E-state index in [0.29, 0.717) is 35.8 Å². The van der Waals surface area contributed by atoms with Crippen LogP contribution in [0.1, 0.15) is 40.2 Å². The van der Waals surface area contributed by atoms with E-state index in [-0.39, 0.29) is 22.8 Å². The zero-order valence-corrected chi connectivity index (χ0v) is 25.1. The van der Waals surface area contributed by atoms with Crippen LogP contribution in [0.25, 0.3) is 21.8 Å². The smallest absolute Gasteiger partial charge is 0.340 e. The van der Waals surface area contributed by atoms with Gasteiger partial charge in [-0.2, -0.15) is 8.78 Å². The van der Waals surface area contributed by atoms with Crippen molar-refractivity contribution in [3.63, 3.8) is 0 Å². The first kappa shape index (κ1) is 31.9. The third kappa shape index (κ3) is 6.91. The van der Waals surface area contributed by atoms with Crippen molar-refractivity contribution in [2.75, 3.05) is 19.8 Å². The van der Waals surface area contributed by atoms with E-state index in [1.165, 1.54) is 29.5 Å². The molecule has 0 radical (unpaired) electrons. The zero-order chi connectivity index (χ0) is 32.1. The van der Waals surface area contributed by atoms with Crippen LogP contribution < -0.4 is 4.74 Å². The van der Waals surface area contributed by atoms with Crippen molar-refractivity contribution in [2.45, 2.75) is 32.7 Å². The van der Waals surface area contributed by atoms with Gasteiger partial charge in [0.05, 0.1) is 11.5 Å². The molecule has 7 nitrogen and oxygen atoms in total. The number of hydrogen-bond donors (Lipinski definition) is 0. The quantitative estimate of drug-likeness (QED) is 0.0329. The standard InChI is InChI=1S/C33H28F4N2O5S/c1-3-42-15-14-39-26-12-10-21(17-24(26)25-18-22(11-13-27(25)39)31(41)29-9-6-16-45-29)30(38-44-20(2)40)23-7-4-5-8-28(23)43-19-33(36,37)32(34)35/h4-13,16-18,32H,3,14-15,19H2,1-2H3/b38-30-. The first-order chi connectivity index (χ1) is 21.6. The molecule has 234 valence electrons. The van der Waals surface area contributed by atoms with Crippen LogP contribution in [0.3, 0.4) is 0 Å². The molecule has 12 heteroatoms. The van der Waals surface area contributed by atoms with Gasteiger partial charge in [-0.3, -0.25) is 4.79 Å². The number of carbonyl (C=O) groups is 2. The number of thiophene rings is 1. The minimum Gasteiger partial charge on any atom is -0.486 e. The summed E-state index contributed by atoms with van der Waals surface area (Å²) >= 11 is 1.34. The summed E-state index contributed by atoms with van der Waals surface area (Å²) in [7, 11) is 0. The van der Waals surface area contributed by atoms with Crippen LogP contribution in [-0.2, 0) is 20.9 Å². The van der Waals surface area contributed by atoms with Crippen molar-refractivity contribution in [2.24, 2.45) is 5.16 Å². The van der Waals surface area contributed by atoms with E-state index in [1.54, 1.807) is 30.3 Å². The van der Waals surface area contributed by atoms with E-state index in [4.69, 9.17) is 14.3 Å². The summed E-state index contributed by atoms with van der Waals surface area (Å²) in [4.78, 5) is 30.6. The SMILES string of the molecule is CCOCCn1c2ccc(C(=O)c3cccs3)cc2c2cc(/C(=N/OC(C)=O)c3ccccc3OCC(F)(F)C(F)F)ccc21. The fourth-order valence-electron chi connectivity index (χ4n) is 4.88. The number of carbonyl (C=O) groups excluding carboxylic acids is 2. The number of oxime groups is 1. The van der Waals surface area contributed by atoms with Crippen molar-refractivity contribution in [1.82, 2.24) is 4.57 Å². The van der Waals surface area contributed by atoms with Gasteiger partial charge in [0.1, 0.15) is 11.5 Å². The number of para-hydroxylation sites is 1. The van der Waals surface area contributed by atoms with Crippen molar-refractivity contribution in [3.8, 4) is 5.75 Å². The summed E-state index contributed by atoms with van der Waals surface area (Å²) in [5, 5.41) is 7.34. The molecule has 0 aliphatic carbocycles. The highest BCUT2D eigenvalue weighted by Gasteiger charge is 2.42. The minimum absolute atomic E-state index is 0.0455. The second kappa shape index (κ2) is 13.6. The first-order valence-corrected chi connectivity index (χ1v) is 14.8. The van der Waals surface area contributed by atoms with Crippen LogP contribution in [0.15, 0.2) is 83.3 Å². The Morgan fingerprint density at radius 1 is 0.956 bits per heavy atom. The fourth-order valence-corrected chi connectivity index (χ4v) is 5.56. The lowest BCUT2D eigenvalue weighted by molar-refractivity contribution is -0.148. The Morgan fingerprint density at radius 3 is 2.29 bits per heavy atom. The van der Waals surface area contributed by atoms with Gasteiger partial charge in [0.15, 0.2) is 6.61 Å². The molecule has 0 saturated heterocycles. The summed E-state index contributed by atoms with van der Waals surface area (Å²) in [5.74, 6) is -5.41. The molecule has 0 aliphatic rings. The van der Waals surface area contributed by atoms with E-state index in [2.05, 4.69) is 9.72 Å². The normalized spacial score (nSPS) is 12.3. The predicted molar refractivity (Wildman–Crippen MR) is 164 cm³/mol. The average Bonchev–Trinajstić information content (AvgIpc) is 3.67. The predicted octanol–water partition coefficient (Wildman–Crippen LogP) is 7.72. The van der Waals surface area contributed by atoms with Gasteiger partial charge in [0.25, 0.3) is 0 Å². The van der Waals surface area contributed by atoms with Gasteiger partial charge in [0, 0.05) is 58.6 Å². The lowest BCUT2D eigenvalue weighted by Gasteiger charge is -2.18. The number of fused-ring (bicyclic) bond motifs is 3. The van der Waals surface area contributed by atoms with E-state index in [0.717, 1.165) is 28.7 Å². The fraction of sp³-hybridized carbons (Fsp3) is 0.242. The van der Waals surface area contributed by atoms with Gasteiger partial charge >= 0.3 is 18.3 Å². The Balaban J connectivity index is 1.66. The lowest BCUT2D eigenvalue weighted by Crippen LogP contribution is -2.34. The topological polar surface area (TPSA) is 79.1 Å². The van der Waals surface area contributed by atoms with Crippen molar-refractivity contribution >= 4 is 50.6 Å². The molecule has 5 rings (SSSR count). The molecule has 0 aliphatic heterocycles. The summed E-state index contributed by atoms with van der Waals surface area (Å²) in [6.07, 6.45) is -3.92. The summed E-state index contributed by atoms with van der Waals surface area (Å²) in [5.41, 5.74) is 2.76. The number of ketones is 1. The van der Waals surface area contributed by atoms with Crippen LogP contribution in [0.5, 0.6) is 5.75 Å². The minimum atomic E-state index is -4.39. The summed E-state index contributed by atoms with van der Waals surface area (Å²) in [6, 6.07) is 20.2. The maximum Gasteiger partial charge on any atom is 0.340 e. The number of alkyl halides is 4. The molecule has 0 atom stereocenters. The molecule has 3 aromatic carbocycles. The molecule has 0 spiro atoms. The number of hydrogen-bond acceptors (Lipinski definition) is 7. The Kier molecular flexibility index (Phi) is 9.64. The molecule has 0 N–H and O–H groups in total. The van der Waals surface area contributed by atoms with Crippen molar-refractivity contribution in [1.29, 1.82) is 0 Å². The Morgan fingerprint density at radius 2 is 1.64 bits per heavy atom. The maximum absolute atomic E-state index is 13.7. The number of benzene rings is 3. The highest BCUT2D eigenvalue weighted by Crippen LogP contribution is 2.34. The summed E-state index contributed by atoms with van der Waals surface area (Å²) < 4.78 is 66.0. The molecule has 0 saturated carbocycles. The molecule has 0 amide bonds. The molecular weight excluding hydrogens is 612 g/mol. The van der Waals surface area contributed by atoms with Gasteiger partial charge in [-0.15, -0.1) is 11.3 Å². The Labute approximate surface area is 259 Å². The molecule has 2 aromatic heterocycles. The second-order valence-electron chi connectivity index (χ2n) is 9.99. The number of ether oxygens (including phenoxy) is 2. The van der Waals surface area contributed by atoms with E-state index in [1.807, 2.05) is 36.6 Å². The van der Waals surface area contributed by atoms with E-state index in [9.17, 15) is 27.2 Å². The van der Waals surface area contributed by atoms with Crippen LogP contribution in [0.4, 0.5) is 17.6 Å². The lowest BCUT2D eigenvalue weighted by atomic mass is 9.99. The molecule has 5 aromatic rings. The van der Waals surface area contributed by atoms with Crippen LogP contribution in [0.2, 0.25) is 0 Å². The number of rotatable bonds is 13. The van der Waals surface area contributed by atoms with Crippen molar-refractivity contribution in [3.05, 3.63) is 99.7 Å². The van der Waals surface area contributed by atoms with E-state index >= 15 is 0 Å². The monoisotopic (exact) mass is 640 g/mol. The van der Waals surface area contributed by atoms with Gasteiger partial charge < -0.3 is 18.9 Å². The van der Waals surface area contributed by atoms with Gasteiger partial charge in [0.2, 0.25) is 5.78 Å². The zero-order valence-electron chi connectivity index (χ0n) is 24.3. The third-order valence-electron chi connectivity index (χ3n) is 6.96. The largest absolute Gasteiger partial charge is 0.486 e. The van der Waals surface area contributed by atoms with Crippen molar-refractivity contribution < 1.29 is 41.5 Å². The molecule has 0 fully saturated rings. The molecule has 2 heterocycles. The first-order valence-electron chi connectivity index (χ1n) is 14.0. The van der Waals surface area contributed by atoms with Crippen LogP contribution >= 0.6 is 11.3 Å². The number of halogens is 4. The average molecular weight is 641 g/mol. The van der Waals surface area contributed by atoms with Crippen LogP contribution in [0, 0.1) is 0 Å². The van der Waals surface area contributed by atoms with Gasteiger partial charge in [-0.25, -0.2) is 13.6 Å². The number of aromatic nitrogens is 1. The number of nitrogens with zero attached hydrogens (tertiary/aromatic N) is 2. The highest BCUT2D eigenvalue weighted by molar-refractivity contribution is 7.12. The Hall–Kier alpha value is -4.55. The Bertz CT molecular complexity index is 1870. The van der Waals surface area contributed by atoms with Gasteiger partial charge in [-0.1, -0.05) is 29.4 Å². The molecule has 45 heavy (non-hydrogen) atoms. The third-order valence-corrected chi connectivity index (χ3v) is 7.82. The summed E-state index contributed by atoms with van der Waals surface area (Å²) in [6.45, 7) is 2.99. The van der Waals surface area contributed by atoms with E-state index < -0.39 is 24.9 Å². The molecule has 0 bridgehead atoms. The second-order valence-corrected chi connectivity index (χ2v) is 10.9. The van der Waals surface area contributed by atoms with Gasteiger partial charge in [-0.05, 0) is 60.8 Å². The van der Waals surface area contributed by atoms with Crippen LogP contribution in [-0.4, -0.2) is 54.2 Å².